The molecule has 31 heavy (non-hydrogen) atoms. The van der Waals surface area contributed by atoms with E-state index < -0.39 is 0 Å². The van der Waals surface area contributed by atoms with Crippen LogP contribution < -0.4 is 14.8 Å². The first kappa shape index (κ1) is 22.5. The molecule has 1 N–H and O–H groups in total. The first-order chi connectivity index (χ1) is 15.1. The van der Waals surface area contributed by atoms with E-state index in [4.69, 9.17) is 14.2 Å². The van der Waals surface area contributed by atoms with Gasteiger partial charge >= 0.3 is 6.09 Å². The first-order valence-electron chi connectivity index (χ1n) is 10.6. The predicted octanol–water partition coefficient (Wildman–Crippen LogP) is 3.76. The van der Waals surface area contributed by atoms with E-state index >= 15 is 0 Å². The Hall–Kier alpha value is -3.22. The Balaban J connectivity index is 1.44. The Morgan fingerprint density at radius 2 is 1.84 bits per heavy atom. The first-order valence-corrected chi connectivity index (χ1v) is 10.6. The van der Waals surface area contributed by atoms with Gasteiger partial charge in [-0.2, -0.15) is 0 Å². The topological polar surface area (TPSA) is 77.1 Å². The summed E-state index contributed by atoms with van der Waals surface area (Å²) in [5.41, 5.74) is 1.98. The van der Waals surface area contributed by atoms with Crippen molar-refractivity contribution in [2.45, 2.75) is 32.9 Å². The Bertz CT molecular complexity index is 866. The van der Waals surface area contributed by atoms with E-state index in [1.54, 1.807) is 12.0 Å². The maximum absolute atomic E-state index is 12.4. The van der Waals surface area contributed by atoms with E-state index in [0.29, 0.717) is 44.3 Å². The zero-order valence-corrected chi connectivity index (χ0v) is 18.1. The van der Waals surface area contributed by atoms with Gasteiger partial charge in [0.05, 0.1) is 19.6 Å². The number of rotatable bonds is 10. The number of benzene rings is 2. The van der Waals surface area contributed by atoms with E-state index in [-0.39, 0.29) is 17.9 Å². The molecule has 0 saturated carbocycles. The molecule has 0 bridgehead atoms. The highest BCUT2D eigenvalue weighted by molar-refractivity contribution is 5.82. The van der Waals surface area contributed by atoms with Crippen molar-refractivity contribution in [3.8, 4) is 11.5 Å². The van der Waals surface area contributed by atoms with Crippen LogP contribution in [0.4, 0.5) is 4.79 Å². The lowest BCUT2D eigenvalue weighted by Gasteiger charge is -2.37. The summed E-state index contributed by atoms with van der Waals surface area (Å²) < 4.78 is 16.5. The van der Waals surface area contributed by atoms with Gasteiger partial charge in [0, 0.05) is 19.6 Å². The lowest BCUT2D eigenvalue weighted by atomic mass is 10.00. The number of hydrogen-bond donors (Lipinski definition) is 1. The molecule has 2 aromatic rings. The van der Waals surface area contributed by atoms with Gasteiger partial charge in [0.1, 0.15) is 6.61 Å². The van der Waals surface area contributed by atoms with Crippen LogP contribution in [0.5, 0.6) is 11.5 Å². The molecule has 0 aromatic heterocycles. The number of amides is 2. The van der Waals surface area contributed by atoms with Gasteiger partial charge < -0.3 is 24.4 Å². The Labute approximate surface area is 183 Å². The van der Waals surface area contributed by atoms with Gasteiger partial charge in [-0.25, -0.2) is 4.79 Å². The van der Waals surface area contributed by atoms with Gasteiger partial charge in [-0.05, 0) is 29.7 Å². The van der Waals surface area contributed by atoms with E-state index in [9.17, 15) is 9.59 Å². The van der Waals surface area contributed by atoms with E-state index in [2.05, 4.69) is 5.32 Å². The Morgan fingerprint density at radius 3 is 2.55 bits per heavy atom. The number of nitrogens with zero attached hydrogens (tertiary/aromatic N) is 1. The molecule has 1 fully saturated rings. The third-order valence-corrected chi connectivity index (χ3v) is 5.17. The maximum atomic E-state index is 12.4. The van der Waals surface area contributed by atoms with Crippen LogP contribution in [0.25, 0.3) is 0 Å². The minimum Gasteiger partial charge on any atom is -0.493 e. The summed E-state index contributed by atoms with van der Waals surface area (Å²) in [6.45, 7) is 4.09. The van der Waals surface area contributed by atoms with Crippen molar-refractivity contribution >= 4 is 12.0 Å². The summed E-state index contributed by atoms with van der Waals surface area (Å²) >= 11 is 0. The summed E-state index contributed by atoms with van der Waals surface area (Å²) in [5.74, 6) is 1.00. The monoisotopic (exact) mass is 426 g/mol. The molecule has 166 valence electrons. The molecule has 2 aromatic carbocycles. The third-order valence-electron chi connectivity index (χ3n) is 5.17. The summed E-state index contributed by atoms with van der Waals surface area (Å²) in [4.78, 5) is 25.8. The highest BCUT2D eigenvalue weighted by Gasteiger charge is 2.36. The van der Waals surface area contributed by atoms with Crippen LogP contribution in [-0.4, -0.2) is 43.7 Å². The molecule has 7 nitrogen and oxygen atoms in total. The zero-order valence-electron chi connectivity index (χ0n) is 18.1. The molecule has 2 amide bonds. The van der Waals surface area contributed by atoms with Crippen molar-refractivity contribution in [2.24, 2.45) is 5.92 Å². The van der Waals surface area contributed by atoms with Crippen LogP contribution in [0.3, 0.4) is 0 Å². The van der Waals surface area contributed by atoms with E-state index in [1.165, 1.54) is 0 Å². The minimum atomic E-state index is -0.340. The number of likely N-dealkylation sites (tertiary alicyclic amines) is 1. The zero-order chi connectivity index (χ0) is 22.1. The second-order valence-electron chi connectivity index (χ2n) is 7.55. The van der Waals surface area contributed by atoms with Crippen LogP contribution in [0.2, 0.25) is 0 Å². The average Bonchev–Trinajstić information content (AvgIpc) is 2.76. The molecule has 0 atom stereocenters. The highest BCUT2D eigenvalue weighted by atomic mass is 16.6. The van der Waals surface area contributed by atoms with Gasteiger partial charge in [-0.15, -0.1) is 0 Å². The van der Waals surface area contributed by atoms with Crippen molar-refractivity contribution < 1.29 is 23.8 Å². The van der Waals surface area contributed by atoms with Gasteiger partial charge in [-0.3, -0.25) is 4.79 Å². The van der Waals surface area contributed by atoms with Crippen molar-refractivity contribution in [1.82, 2.24) is 10.2 Å². The van der Waals surface area contributed by atoms with E-state index in [0.717, 1.165) is 24.0 Å². The summed E-state index contributed by atoms with van der Waals surface area (Å²) in [6, 6.07) is 15.5. The Morgan fingerprint density at radius 1 is 1.06 bits per heavy atom. The molecule has 0 aliphatic carbocycles. The molecular formula is C24H30N2O5. The lowest BCUT2D eigenvalue weighted by Crippen LogP contribution is -2.55. The van der Waals surface area contributed by atoms with Gasteiger partial charge in [0.15, 0.2) is 11.5 Å². The van der Waals surface area contributed by atoms with Crippen molar-refractivity contribution in [1.29, 1.82) is 0 Å². The quantitative estimate of drug-likeness (QED) is 0.586. The second-order valence-corrected chi connectivity index (χ2v) is 7.55. The van der Waals surface area contributed by atoms with E-state index in [1.807, 2.05) is 55.5 Å². The fraction of sp³-hybridized carbons (Fsp3) is 0.417. The third kappa shape index (κ3) is 6.38. The number of unbranched alkanes of at least 4 members (excludes halogenated alkanes) is 1. The van der Waals surface area contributed by atoms with Crippen LogP contribution in [0.1, 0.15) is 30.9 Å². The van der Waals surface area contributed by atoms with Gasteiger partial charge in [0.2, 0.25) is 5.91 Å². The SMILES string of the molecule is CCCCOC(=O)N1CC(C(=O)NCc2ccc(OCc3ccccc3)c(OC)c2)C1. The number of hydrogen-bond acceptors (Lipinski definition) is 5. The van der Waals surface area contributed by atoms with Gasteiger partial charge in [0.25, 0.3) is 0 Å². The van der Waals surface area contributed by atoms with Gasteiger partial charge in [-0.1, -0.05) is 49.7 Å². The van der Waals surface area contributed by atoms with Crippen LogP contribution >= 0.6 is 0 Å². The molecule has 7 heteroatoms. The lowest BCUT2D eigenvalue weighted by molar-refractivity contribution is -0.129. The molecular weight excluding hydrogens is 396 g/mol. The van der Waals surface area contributed by atoms with Crippen molar-refractivity contribution in [3.63, 3.8) is 0 Å². The normalized spacial score (nSPS) is 13.3. The predicted molar refractivity (Wildman–Crippen MR) is 117 cm³/mol. The molecule has 0 radical (unpaired) electrons. The average molecular weight is 427 g/mol. The molecule has 1 saturated heterocycles. The summed E-state index contributed by atoms with van der Waals surface area (Å²) in [6.07, 6.45) is 1.49. The van der Waals surface area contributed by atoms with Crippen LogP contribution in [0, 0.1) is 5.92 Å². The fourth-order valence-corrected chi connectivity index (χ4v) is 3.20. The number of methoxy groups -OCH3 is 1. The maximum Gasteiger partial charge on any atom is 0.409 e. The second kappa shape index (κ2) is 11.2. The number of carbonyl (C=O) groups is 2. The largest absolute Gasteiger partial charge is 0.493 e. The molecule has 0 unspecified atom stereocenters. The standard InChI is InChI=1S/C24H30N2O5/c1-3-4-12-30-24(28)26-15-20(16-26)23(27)25-14-19-10-11-21(22(13-19)29-2)31-17-18-8-6-5-7-9-18/h5-11,13,20H,3-4,12,14-17H2,1-2H3,(H,25,27). The van der Waals surface area contributed by atoms with Crippen LogP contribution in [-0.2, 0) is 22.7 Å². The number of carbonyl (C=O) groups excluding carboxylic acids is 2. The number of nitrogens with one attached hydrogen (secondary N) is 1. The summed E-state index contributed by atoms with van der Waals surface area (Å²) in [7, 11) is 1.59. The molecule has 1 heterocycles. The molecule has 3 rings (SSSR count). The molecule has 1 aliphatic rings. The Kier molecular flexibility index (Phi) is 8.15. The smallest absolute Gasteiger partial charge is 0.409 e. The highest BCUT2D eigenvalue weighted by Crippen LogP contribution is 2.29. The summed E-state index contributed by atoms with van der Waals surface area (Å²) in [5, 5.41) is 2.93. The van der Waals surface area contributed by atoms with Crippen molar-refractivity contribution in [2.75, 3.05) is 26.8 Å². The van der Waals surface area contributed by atoms with Crippen molar-refractivity contribution in [3.05, 3.63) is 59.7 Å². The molecule has 1 aliphatic heterocycles. The minimum absolute atomic E-state index is 0.0685. The fourth-order valence-electron chi connectivity index (χ4n) is 3.20. The van der Waals surface area contributed by atoms with Crippen LogP contribution in [0.15, 0.2) is 48.5 Å². The number of ether oxygens (including phenoxy) is 3. The molecule has 0 spiro atoms.